The van der Waals surface area contributed by atoms with Crippen molar-refractivity contribution in [3.05, 3.63) is 29.8 Å². The van der Waals surface area contributed by atoms with E-state index >= 15 is 0 Å². The summed E-state index contributed by atoms with van der Waals surface area (Å²) in [7, 11) is 1.65. The SMILES string of the molecule is COc1ccc([C@H]2C3CCCCC3(O)CCN2CC(N)=O)cc1. The normalized spacial score (nSPS) is 31.4. The highest BCUT2D eigenvalue weighted by Gasteiger charge is 2.49. The van der Waals surface area contributed by atoms with E-state index in [0.29, 0.717) is 6.54 Å². The van der Waals surface area contributed by atoms with Crippen LogP contribution in [0.25, 0.3) is 0 Å². The minimum atomic E-state index is -0.614. The number of ether oxygens (including phenoxy) is 1. The highest BCUT2D eigenvalue weighted by molar-refractivity contribution is 5.76. The molecule has 0 bridgehead atoms. The van der Waals surface area contributed by atoms with Gasteiger partial charge in [0.2, 0.25) is 5.91 Å². The highest BCUT2D eigenvalue weighted by Crippen LogP contribution is 2.49. The number of nitrogens with two attached hydrogens (primary N) is 1. The number of hydrogen-bond acceptors (Lipinski definition) is 4. The van der Waals surface area contributed by atoms with E-state index < -0.39 is 5.60 Å². The summed E-state index contributed by atoms with van der Waals surface area (Å²) < 4.78 is 5.24. The fraction of sp³-hybridized carbons (Fsp3) is 0.611. The molecular formula is C18H26N2O3. The largest absolute Gasteiger partial charge is 0.497 e. The number of amides is 1. The molecule has 1 aromatic rings. The molecule has 5 nitrogen and oxygen atoms in total. The van der Waals surface area contributed by atoms with E-state index in [0.717, 1.165) is 43.4 Å². The standard InChI is InChI=1S/C18H26N2O3/c1-23-14-7-5-13(6-8-14)17-15-4-2-3-9-18(15,22)10-11-20(17)12-16(19)21/h5-8,15,17,22H,2-4,9-12H2,1H3,(H2,19,21)/t15?,17-,18?/m0/s1. The van der Waals surface area contributed by atoms with Crippen LogP contribution < -0.4 is 10.5 Å². The number of carbonyl (C=O) groups excluding carboxylic acids is 1. The van der Waals surface area contributed by atoms with Crippen LogP contribution in [-0.2, 0) is 4.79 Å². The first-order valence-corrected chi connectivity index (χ1v) is 8.42. The van der Waals surface area contributed by atoms with Crippen molar-refractivity contribution in [2.24, 2.45) is 11.7 Å². The predicted octanol–water partition coefficient (Wildman–Crippen LogP) is 1.85. The molecule has 0 radical (unpaired) electrons. The van der Waals surface area contributed by atoms with Crippen LogP contribution in [-0.4, -0.2) is 41.7 Å². The lowest BCUT2D eigenvalue weighted by molar-refractivity contribution is -0.136. The molecule has 1 aliphatic carbocycles. The molecule has 0 spiro atoms. The topological polar surface area (TPSA) is 75.8 Å². The number of primary amides is 1. The lowest BCUT2D eigenvalue weighted by atomic mass is 9.66. The number of methoxy groups -OCH3 is 1. The van der Waals surface area contributed by atoms with E-state index in [4.69, 9.17) is 10.5 Å². The van der Waals surface area contributed by atoms with Crippen LogP contribution in [0.2, 0.25) is 0 Å². The molecule has 5 heteroatoms. The number of aliphatic hydroxyl groups is 1. The van der Waals surface area contributed by atoms with Gasteiger partial charge in [-0.05, 0) is 37.0 Å². The molecule has 2 aliphatic rings. The minimum absolute atomic E-state index is 0.0347. The fourth-order valence-corrected chi connectivity index (χ4v) is 4.36. The van der Waals surface area contributed by atoms with Crippen LogP contribution in [0.15, 0.2) is 24.3 Å². The fourth-order valence-electron chi connectivity index (χ4n) is 4.36. The summed E-state index contributed by atoms with van der Waals surface area (Å²) in [4.78, 5) is 13.6. The van der Waals surface area contributed by atoms with Crippen molar-refractivity contribution >= 4 is 5.91 Å². The number of benzene rings is 1. The molecule has 2 unspecified atom stereocenters. The molecule has 3 rings (SSSR count). The molecule has 1 amide bonds. The molecule has 1 saturated heterocycles. The van der Waals surface area contributed by atoms with E-state index in [1.54, 1.807) is 7.11 Å². The van der Waals surface area contributed by atoms with Crippen LogP contribution in [0.3, 0.4) is 0 Å². The number of rotatable bonds is 4. The van der Waals surface area contributed by atoms with E-state index in [1.165, 1.54) is 0 Å². The van der Waals surface area contributed by atoms with Crippen LogP contribution in [0.1, 0.15) is 43.7 Å². The zero-order chi connectivity index (χ0) is 16.4. The third-order valence-corrected chi connectivity index (χ3v) is 5.49. The van der Waals surface area contributed by atoms with Crippen LogP contribution in [0, 0.1) is 5.92 Å². The van der Waals surface area contributed by atoms with Crippen LogP contribution >= 0.6 is 0 Å². The Kier molecular flexibility index (Phi) is 4.60. The number of nitrogens with zero attached hydrogens (tertiary/aromatic N) is 1. The van der Waals surface area contributed by atoms with Crippen molar-refractivity contribution in [1.82, 2.24) is 4.90 Å². The van der Waals surface area contributed by atoms with Gasteiger partial charge in [-0.2, -0.15) is 0 Å². The van der Waals surface area contributed by atoms with E-state index in [-0.39, 0.29) is 24.4 Å². The average molecular weight is 318 g/mol. The van der Waals surface area contributed by atoms with E-state index in [9.17, 15) is 9.90 Å². The van der Waals surface area contributed by atoms with E-state index in [2.05, 4.69) is 4.90 Å². The second-order valence-corrected chi connectivity index (χ2v) is 6.86. The predicted molar refractivity (Wildman–Crippen MR) is 88.0 cm³/mol. The zero-order valence-corrected chi connectivity index (χ0v) is 13.7. The number of likely N-dealkylation sites (tertiary alicyclic amines) is 1. The van der Waals surface area contributed by atoms with Gasteiger partial charge in [0.1, 0.15) is 5.75 Å². The number of piperidine rings is 1. The Hall–Kier alpha value is -1.59. The first kappa shape index (κ1) is 16.3. The lowest BCUT2D eigenvalue weighted by Gasteiger charge is -2.52. The summed E-state index contributed by atoms with van der Waals surface area (Å²) in [5.41, 5.74) is 5.96. The van der Waals surface area contributed by atoms with Gasteiger partial charge in [-0.15, -0.1) is 0 Å². The van der Waals surface area contributed by atoms with Crippen molar-refractivity contribution in [3.8, 4) is 5.75 Å². The third-order valence-electron chi connectivity index (χ3n) is 5.49. The zero-order valence-electron chi connectivity index (χ0n) is 13.7. The summed E-state index contributed by atoms with van der Waals surface area (Å²) in [6.07, 6.45) is 4.77. The van der Waals surface area contributed by atoms with Crippen molar-refractivity contribution in [2.45, 2.75) is 43.7 Å². The molecule has 1 saturated carbocycles. The Bertz CT molecular complexity index is 560. The summed E-state index contributed by atoms with van der Waals surface area (Å²) in [5.74, 6) is 0.646. The van der Waals surface area contributed by atoms with Gasteiger partial charge in [-0.1, -0.05) is 25.0 Å². The summed E-state index contributed by atoms with van der Waals surface area (Å²) in [6.45, 7) is 0.940. The molecule has 3 N–H and O–H groups in total. The third kappa shape index (κ3) is 3.21. The van der Waals surface area contributed by atoms with Gasteiger partial charge in [0.15, 0.2) is 0 Å². The summed E-state index contributed by atoms with van der Waals surface area (Å²) >= 11 is 0. The monoisotopic (exact) mass is 318 g/mol. The molecule has 1 aliphatic heterocycles. The highest BCUT2D eigenvalue weighted by atomic mass is 16.5. The molecule has 1 heterocycles. The van der Waals surface area contributed by atoms with Crippen LogP contribution in [0.4, 0.5) is 0 Å². The minimum Gasteiger partial charge on any atom is -0.497 e. The van der Waals surface area contributed by atoms with Gasteiger partial charge in [0, 0.05) is 18.5 Å². The van der Waals surface area contributed by atoms with Crippen molar-refractivity contribution in [2.75, 3.05) is 20.2 Å². The van der Waals surface area contributed by atoms with Gasteiger partial charge in [0.05, 0.1) is 19.3 Å². The maximum absolute atomic E-state index is 11.5. The Morgan fingerprint density at radius 3 is 2.74 bits per heavy atom. The number of carbonyl (C=O) groups is 1. The van der Waals surface area contributed by atoms with Gasteiger partial charge in [-0.25, -0.2) is 0 Å². The molecule has 0 aromatic heterocycles. The number of hydrogen-bond donors (Lipinski definition) is 2. The molecule has 23 heavy (non-hydrogen) atoms. The Labute approximate surface area is 137 Å². The molecule has 126 valence electrons. The van der Waals surface area contributed by atoms with Crippen molar-refractivity contribution < 1.29 is 14.6 Å². The smallest absolute Gasteiger partial charge is 0.231 e. The molecule has 3 atom stereocenters. The van der Waals surface area contributed by atoms with Gasteiger partial charge < -0.3 is 15.6 Å². The second kappa shape index (κ2) is 6.49. The first-order chi connectivity index (χ1) is 11.0. The Morgan fingerprint density at radius 2 is 2.09 bits per heavy atom. The second-order valence-electron chi connectivity index (χ2n) is 6.86. The van der Waals surface area contributed by atoms with Crippen molar-refractivity contribution in [3.63, 3.8) is 0 Å². The molecule has 2 fully saturated rings. The summed E-state index contributed by atoms with van der Waals surface area (Å²) in [5, 5.41) is 11.1. The Morgan fingerprint density at radius 1 is 1.35 bits per heavy atom. The maximum Gasteiger partial charge on any atom is 0.231 e. The quantitative estimate of drug-likeness (QED) is 0.888. The average Bonchev–Trinajstić information content (AvgIpc) is 2.54. The maximum atomic E-state index is 11.5. The van der Waals surface area contributed by atoms with Gasteiger partial charge in [0.25, 0.3) is 0 Å². The van der Waals surface area contributed by atoms with E-state index in [1.807, 2.05) is 24.3 Å². The summed E-state index contributed by atoms with van der Waals surface area (Å²) in [6, 6.07) is 7.99. The first-order valence-electron chi connectivity index (χ1n) is 8.42. The lowest BCUT2D eigenvalue weighted by Crippen LogP contribution is -2.56. The van der Waals surface area contributed by atoms with Crippen LogP contribution in [0.5, 0.6) is 5.75 Å². The molecule has 1 aromatic carbocycles. The van der Waals surface area contributed by atoms with Crippen molar-refractivity contribution in [1.29, 1.82) is 0 Å². The van der Waals surface area contributed by atoms with Gasteiger partial charge in [-0.3, -0.25) is 9.69 Å². The number of fused-ring (bicyclic) bond motifs is 1. The Balaban J connectivity index is 1.94. The molecular weight excluding hydrogens is 292 g/mol. The van der Waals surface area contributed by atoms with Gasteiger partial charge >= 0.3 is 0 Å².